The fraction of sp³-hybridized carbons (Fsp3) is 0.0769. The van der Waals surface area contributed by atoms with E-state index in [1.54, 1.807) is 29.7 Å². The lowest BCUT2D eigenvalue weighted by atomic mass is 10.1. The first-order chi connectivity index (χ1) is 8.29. The standard InChI is InChI=1S/C13H11NO2S/c1-16-13(15)11-5-2-10(3-6-11)4-7-12-14-8-9-17-12/h2-9H,1H3. The van der Waals surface area contributed by atoms with Gasteiger partial charge in [-0.1, -0.05) is 18.2 Å². The van der Waals surface area contributed by atoms with E-state index in [0.717, 1.165) is 10.6 Å². The van der Waals surface area contributed by atoms with E-state index in [0.29, 0.717) is 5.56 Å². The van der Waals surface area contributed by atoms with E-state index in [2.05, 4.69) is 9.72 Å². The van der Waals surface area contributed by atoms with Crippen LogP contribution in [0, 0.1) is 0 Å². The third-order valence-electron chi connectivity index (χ3n) is 2.20. The van der Waals surface area contributed by atoms with Crippen molar-refractivity contribution < 1.29 is 9.53 Å². The Hall–Kier alpha value is -1.94. The Morgan fingerprint density at radius 2 is 2.06 bits per heavy atom. The van der Waals surface area contributed by atoms with Crippen LogP contribution in [0.2, 0.25) is 0 Å². The third kappa shape index (κ3) is 3.01. The number of carbonyl (C=O) groups is 1. The summed E-state index contributed by atoms with van der Waals surface area (Å²) in [4.78, 5) is 15.4. The molecule has 3 nitrogen and oxygen atoms in total. The molecule has 0 amide bonds. The summed E-state index contributed by atoms with van der Waals surface area (Å²) in [6.07, 6.45) is 5.67. The minimum Gasteiger partial charge on any atom is -0.465 e. The predicted octanol–water partition coefficient (Wildman–Crippen LogP) is 3.10. The van der Waals surface area contributed by atoms with Crippen LogP contribution in [0.25, 0.3) is 12.2 Å². The maximum absolute atomic E-state index is 11.2. The van der Waals surface area contributed by atoms with E-state index in [1.807, 2.05) is 29.7 Å². The molecule has 0 aliphatic rings. The van der Waals surface area contributed by atoms with Gasteiger partial charge < -0.3 is 4.74 Å². The Morgan fingerprint density at radius 3 is 2.65 bits per heavy atom. The highest BCUT2D eigenvalue weighted by molar-refractivity contribution is 7.10. The van der Waals surface area contributed by atoms with Gasteiger partial charge in [0.05, 0.1) is 12.7 Å². The Balaban J connectivity index is 2.11. The van der Waals surface area contributed by atoms with Crippen molar-refractivity contribution in [2.24, 2.45) is 0 Å². The van der Waals surface area contributed by atoms with Crippen molar-refractivity contribution in [2.75, 3.05) is 7.11 Å². The SMILES string of the molecule is COC(=O)c1ccc(C=Cc2nccs2)cc1. The van der Waals surface area contributed by atoms with Crippen molar-refractivity contribution >= 4 is 29.5 Å². The molecule has 1 aromatic heterocycles. The zero-order chi connectivity index (χ0) is 12.1. The first kappa shape index (κ1) is 11.5. The molecule has 0 radical (unpaired) electrons. The summed E-state index contributed by atoms with van der Waals surface area (Å²) in [5, 5.41) is 2.89. The molecular weight excluding hydrogens is 234 g/mol. The highest BCUT2D eigenvalue weighted by Crippen LogP contribution is 2.11. The molecule has 1 heterocycles. The third-order valence-corrected chi connectivity index (χ3v) is 2.94. The monoisotopic (exact) mass is 245 g/mol. The van der Waals surface area contributed by atoms with Gasteiger partial charge in [0.2, 0.25) is 0 Å². The molecule has 0 fully saturated rings. The largest absolute Gasteiger partial charge is 0.465 e. The van der Waals surface area contributed by atoms with Crippen LogP contribution in [-0.4, -0.2) is 18.1 Å². The van der Waals surface area contributed by atoms with Crippen LogP contribution >= 0.6 is 11.3 Å². The number of thiazole rings is 1. The number of nitrogens with zero attached hydrogens (tertiary/aromatic N) is 1. The van der Waals surface area contributed by atoms with E-state index in [1.165, 1.54) is 7.11 Å². The Labute approximate surface area is 103 Å². The smallest absolute Gasteiger partial charge is 0.337 e. The summed E-state index contributed by atoms with van der Waals surface area (Å²) < 4.78 is 4.63. The lowest BCUT2D eigenvalue weighted by molar-refractivity contribution is 0.0601. The zero-order valence-corrected chi connectivity index (χ0v) is 10.1. The number of carbonyl (C=O) groups excluding carboxylic acids is 1. The van der Waals surface area contributed by atoms with Gasteiger partial charge in [0.25, 0.3) is 0 Å². The van der Waals surface area contributed by atoms with Crippen LogP contribution in [0.15, 0.2) is 35.8 Å². The number of rotatable bonds is 3. The lowest BCUT2D eigenvalue weighted by Crippen LogP contribution is -2.00. The predicted molar refractivity (Wildman–Crippen MR) is 68.8 cm³/mol. The molecule has 0 unspecified atom stereocenters. The van der Waals surface area contributed by atoms with E-state index in [4.69, 9.17) is 0 Å². The summed E-state index contributed by atoms with van der Waals surface area (Å²) in [5.41, 5.74) is 1.58. The van der Waals surface area contributed by atoms with Crippen LogP contribution in [0.4, 0.5) is 0 Å². The van der Waals surface area contributed by atoms with E-state index >= 15 is 0 Å². The van der Waals surface area contributed by atoms with Gasteiger partial charge in [-0.2, -0.15) is 0 Å². The molecule has 0 N–H and O–H groups in total. The molecule has 17 heavy (non-hydrogen) atoms. The summed E-state index contributed by atoms with van der Waals surface area (Å²) in [6, 6.07) is 7.23. The molecule has 86 valence electrons. The second-order valence-electron chi connectivity index (χ2n) is 3.32. The van der Waals surface area contributed by atoms with E-state index < -0.39 is 0 Å². The van der Waals surface area contributed by atoms with Gasteiger partial charge in [0.1, 0.15) is 5.01 Å². The van der Waals surface area contributed by atoms with Gasteiger partial charge in [0.15, 0.2) is 0 Å². The van der Waals surface area contributed by atoms with Crippen LogP contribution in [-0.2, 0) is 4.74 Å². The molecule has 0 bridgehead atoms. The first-order valence-corrected chi connectivity index (χ1v) is 5.93. The average Bonchev–Trinajstić information content (AvgIpc) is 2.89. The molecule has 2 rings (SSSR count). The zero-order valence-electron chi connectivity index (χ0n) is 9.29. The van der Waals surface area contributed by atoms with Gasteiger partial charge in [-0.15, -0.1) is 11.3 Å². The maximum Gasteiger partial charge on any atom is 0.337 e. The van der Waals surface area contributed by atoms with Crippen LogP contribution in [0.5, 0.6) is 0 Å². The average molecular weight is 245 g/mol. The Kier molecular flexibility index (Phi) is 3.67. The van der Waals surface area contributed by atoms with Gasteiger partial charge in [-0.3, -0.25) is 0 Å². The number of hydrogen-bond donors (Lipinski definition) is 0. The van der Waals surface area contributed by atoms with Crippen molar-refractivity contribution in [3.8, 4) is 0 Å². The molecule has 0 spiro atoms. The highest BCUT2D eigenvalue weighted by Gasteiger charge is 2.02. The number of esters is 1. The number of benzene rings is 1. The summed E-state index contributed by atoms with van der Waals surface area (Å²) in [5.74, 6) is -0.319. The maximum atomic E-state index is 11.2. The van der Waals surface area contributed by atoms with E-state index in [-0.39, 0.29) is 5.97 Å². The minimum absolute atomic E-state index is 0.319. The van der Waals surface area contributed by atoms with E-state index in [9.17, 15) is 4.79 Å². The molecule has 0 saturated heterocycles. The molecule has 0 saturated carbocycles. The molecule has 1 aromatic carbocycles. The quantitative estimate of drug-likeness (QED) is 0.780. The molecule has 0 atom stereocenters. The number of hydrogen-bond acceptors (Lipinski definition) is 4. The normalized spacial score (nSPS) is 10.6. The summed E-state index contributed by atoms with van der Waals surface area (Å²) in [6.45, 7) is 0. The number of ether oxygens (including phenoxy) is 1. The fourth-order valence-electron chi connectivity index (χ4n) is 1.33. The topological polar surface area (TPSA) is 39.2 Å². The first-order valence-electron chi connectivity index (χ1n) is 5.05. The minimum atomic E-state index is -0.319. The number of methoxy groups -OCH3 is 1. The number of aromatic nitrogens is 1. The second-order valence-corrected chi connectivity index (χ2v) is 4.24. The van der Waals surface area contributed by atoms with Crippen molar-refractivity contribution in [1.29, 1.82) is 0 Å². The van der Waals surface area contributed by atoms with Crippen molar-refractivity contribution in [2.45, 2.75) is 0 Å². The molecule has 2 aromatic rings. The van der Waals surface area contributed by atoms with Crippen molar-refractivity contribution in [3.63, 3.8) is 0 Å². The summed E-state index contributed by atoms with van der Waals surface area (Å²) in [7, 11) is 1.37. The summed E-state index contributed by atoms with van der Waals surface area (Å²) >= 11 is 1.58. The molecule has 0 aliphatic carbocycles. The molecule has 4 heteroatoms. The lowest BCUT2D eigenvalue weighted by Gasteiger charge is -1.98. The Bertz CT molecular complexity index is 515. The fourth-order valence-corrected chi connectivity index (χ4v) is 1.86. The van der Waals surface area contributed by atoms with Crippen molar-refractivity contribution in [1.82, 2.24) is 4.98 Å². The Morgan fingerprint density at radius 1 is 1.29 bits per heavy atom. The van der Waals surface area contributed by atoms with Crippen LogP contribution in [0.1, 0.15) is 20.9 Å². The molecular formula is C13H11NO2S. The van der Waals surface area contributed by atoms with Gasteiger partial charge >= 0.3 is 5.97 Å². The van der Waals surface area contributed by atoms with Gasteiger partial charge in [-0.25, -0.2) is 9.78 Å². The molecule has 0 aliphatic heterocycles. The highest BCUT2D eigenvalue weighted by atomic mass is 32.1. The van der Waals surface area contributed by atoms with Crippen molar-refractivity contribution in [3.05, 3.63) is 52.0 Å². The second kappa shape index (κ2) is 5.41. The van der Waals surface area contributed by atoms with Gasteiger partial charge in [0, 0.05) is 11.6 Å². The van der Waals surface area contributed by atoms with Gasteiger partial charge in [-0.05, 0) is 23.8 Å². The van der Waals surface area contributed by atoms with Crippen LogP contribution in [0.3, 0.4) is 0 Å². The van der Waals surface area contributed by atoms with Crippen LogP contribution < -0.4 is 0 Å².